The van der Waals surface area contributed by atoms with Gasteiger partial charge in [-0.15, -0.1) is 0 Å². The second kappa shape index (κ2) is 6.09. The molecular weight excluding hydrogens is 324 g/mol. The lowest BCUT2D eigenvalue weighted by Crippen LogP contribution is -2.40. The number of hydrogen-bond donors (Lipinski definition) is 3. The van der Waals surface area contributed by atoms with Crippen LogP contribution in [0.15, 0.2) is 28.9 Å². The molecule has 2 rings (SSSR count). The number of aromatic amines is 1. The van der Waals surface area contributed by atoms with E-state index in [-0.39, 0.29) is 5.91 Å². The van der Waals surface area contributed by atoms with Gasteiger partial charge in [0.15, 0.2) is 0 Å². The number of carboxylic acid groups (broad SMARTS) is 1. The molecule has 1 heterocycles. The standard InChI is InChI=1S/C14H15BrN2O3/c1-2-4-11(14(19)20)17-13(18)8-7-16-10-6-3-5-9(15)12(8)10/h3,5-7,11,16H,2,4H2,1H3,(H,17,18)(H,19,20). The third kappa shape index (κ3) is 2.85. The Balaban J connectivity index is 2.30. The summed E-state index contributed by atoms with van der Waals surface area (Å²) in [4.78, 5) is 26.3. The van der Waals surface area contributed by atoms with Crippen LogP contribution in [0.2, 0.25) is 0 Å². The number of hydrogen-bond acceptors (Lipinski definition) is 2. The Labute approximate surface area is 124 Å². The molecule has 1 aromatic carbocycles. The normalized spacial score (nSPS) is 12.3. The van der Waals surface area contributed by atoms with Crippen LogP contribution < -0.4 is 5.32 Å². The van der Waals surface area contributed by atoms with E-state index in [0.29, 0.717) is 18.4 Å². The second-order valence-corrected chi connectivity index (χ2v) is 5.37. The molecule has 3 N–H and O–H groups in total. The fourth-order valence-electron chi connectivity index (χ4n) is 2.10. The van der Waals surface area contributed by atoms with E-state index >= 15 is 0 Å². The number of carbonyl (C=O) groups excluding carboxylic acids is 1. The molecule has 2 aromatic rings. The number of carboxylic acids is 1. The SMILES string of the molecule is CCCC(NC(=O)c1c[nH]c2cccc(Br)c12)C(=O)O. The monoisotopic (exact) mass is 338 g/mol. The van der Waals surface area contributed by atoms with Gasteiger partial charge in [-0.2, -0.15) is 0 Å². The molecule has 0 fully saturated rings. The number of fused-ring (bicyclic) bond motifs is 1. The number of carbonyl (C=O) groups is 2. The Bertz CT molecular complexity index is 651. The molecule has 0 saturated carbocycles. The van der Waals surface area contributed by atoms with Gasteiger partial charge in [0.1, 0.15) is 6.04 Å². The summed E-state index contributed by atoms with van der Waals surface area (Å²) in [6.07, 6.45) is 2.69. The van der Waals surface area contributed by atoms with E-state index < -0.39 is 12.0 Å². The Morgan fingerprint density at radius 3 is 2.85 bits per heavy atom. The van der Waals surface area contributed by atoms with Crippen LogP contribution in [0, 0.1) is 0 Å². The van der Waals surface area contributed by atoms with Crippen molar-refractivity contribution in [1.82, 2.24) is 10.3 Å². The number of nitrogens with one attached hydrogen (secondary N) is 2. The first-order valence-corrected chi connectivity index (χ1v) is 7.13. The van der Waals surface area contributed by atoms with Crippen LogP contribution in [0.25, 0.3) is 10.9 Å². The molecule has 5 nitrogen and oxygen atoms in total. The lowest BCUT2D eigenvalue weighted by atomic mass is 10.1. The molecule has 106 valence electrons. The van der Waals surface area contributed by atoms with Gasteiger partial charge in [-0.3, -0.25) is 4.79 Å². The van der Waals surface area contributed by atoms with E-state index in [4.69, 9.17) is 5.11 Å². The molecule has 0 aliphatic heterocycles. The van der Waals surface area contributed by atoms with Gasteiger partial charge < -0.3 is 15.4 Å². The number of benzene rings is 1. The molecule has 0 spiro atoms. The molecule has 1 aromatic heterocycles. The Kier molecular flexibility index (Phi) is 4.44. The maximum absolute atomic E-state index is 12.2. The van der Waals surface area contributed by atoms with E-state index in [0.717, 1.165) is 15.4 Å². The smallest absolute Gasteiger partial charge is 0.326 e. The molecular formula is C14H15BrN2O3. The zero-order chi connectivity index (χ0) is 14.7. The molecule has 0 radical (unpaired) electrons. The van der Waals surface area contributed by atoms with Crippen LogP contribution in [0.3, 0.4) is 0 Å². The first-order valence-electron chi connectivity index (χ1n) is 6.33. The van der Waals surface area contributed by atoms with E-state index in [2.05, 4.69) is 26.2 Å². The van der Waals surface area contributed by atoms with Gasteiger partial charge >= 0.3 is 5.97 Å². The quantitative estimate of drug-likeness (QED) is 0.783. The molecule has 0 aliphatic carbocycles. The van der Waals surface area contributed by atoms with Crippen LogP contribution in [-0.2, 0) is 4.79 Å². The summed E-state index contributed by atoms with van der Waals surface area (Å²) in [5.41, 5.74) is 1.27. The third-order valence-electron chi connectivity index (χ3n) is 3.08. The van der Waals surface area contributed by atoms with Gasteiger partial charge in [-0.25, -0.2) is 4.79 Å². The van der Waals surface area contributed by atoms with Gasteiger partial charge in [0.2, 0.25) is 0 Å². The van der Waals surface area contributed by atoms with Crippen molar-refractivity contribution < 1.29 is 14.7 Å². The van der Waals surface area contributed by atoms with Gasteiger partial charge in [0, 0.05) is 21.6 Å². The maximum atomic E-state index is 12.2. The molecule has 6 heteroatoms. The molecule has 20 heavy (non-hydrogen) atoms. The van der Waals surface area contributed by atoms with Crippen LogP contribution in [0.4, 0.5) is 0 Å². The molecule has 1 amide bonds. The number of aromatic nitrogens is 1. The van der Waals surface area contributed by atoms with E-state index in [9.17, 15) is 9.59 Å². The summed E-state index contributed by atoms with van der Waals surface area (Å²) in [5.74, 6) is -1.40. The average Bonchev–Trinajstić information content (AvgIpc) is 2.83. The minimum Gasteiger partial charge on any atom is -0.480 e. The van der Waals surface area contributed by atoms with Crippen molar-refractivity contribution >= 4 is 38.7 Å². The van der Waals surface area contributed by atoms with Crippen LogP contribution >= 0.6 is 15.9 Å². The number of rotatable bonds is 5. The average molecular weight is 339 g/mol. The maximum Gasteiger partial charge on any atom is 0.326 e. The number of halogens is 1. The number of aliphatic carboxylic acids is 1. The number of amides is 1. The highest BCUT2D eigenvalue weighted by atomic mass is 79.9. The van der Waals surface area contributed by atoms with Gasteiger partial charge in [-0.1, -0.05) is 35.3 Å². The van der Waals surface area contributed by atoms with Gasteiger partial charge in [0.25, 0.3) is 5.91 Å². The topological polar surface area (TPSA) is 82.2 Å². The summed E-state index contributed by atoms with van der Waals surface area (Å²) >= 11 is 3.40. The minimum atomic E-state index is -1.01. The van der Waals surface area contributed by atoms with Crippen molar-refractivity contribution in [2.45, 2.75) is 25.8 Å². The van der Waals surface area contributed by atoms with Crippen molar-refractivity contribution in [1.29, 1.82) is 0 Å². The summed E-state index contributed by atoms with van der Waals surface area (Å²) in [6.45, 7) is 1.88. The van der Waals surface area contributed by atoms with Crippen LogP contribution in [0.5, 0.6) is 0 Å². The Morgan fingerprint density at radius 2 is 2.20 bits per heavy atom. The van der Waals surface area contributed by atoms with Gasteiger partial charge in [0.05, 0.1) is 5.56 Å². The minimum absolute atomic E-state index is 0.385. The second-order valence-electron chi connectivity index (χ2n) is 4.52. The van der Waals surface area contributed by atoms with Crippen molar-refractivity contribution in [3.8, 4) is 0 Å². The third-order valence-corrected chi connectivity index (χ3v) is 3.74. The predicted octanol–water partition coefficient (Wildman–Crippen LogP) is 2.91. The highest BCUT2D eigenvalue weighted by Crippen LogP contribution is 2.26. The molecule has 0 saturated heterocycles. The summed E-state index contributed by atoms with van der Waals surface area (Å²) in [6, 6.07) is 4.70. The van der Waals surface area contributed by atoms with E-state index in [1.54, 1.807) is 6.20 Å². The fraction of sp³-hybridized carbons (Fsp3) is 0.286. The van der Waals surface area contributed by atoms with Crippen molar-refractivity contribution in [3.05, 3.63) is 34.4 Å². The fourth-order valence-corrected chi connectivity index (χ4v) is 2.68. The zero-order valence-electron chi connectivity index (χ0n) is 10.9. The van der Waals surface area contributed by atoms with Crippen molar-refractivity contribution in [2.75, 3.05) is 0 Å². The lowest BCUT2D eigenvalue weighted by Gasteiger charge is -2.13. The van der Waals surface area contributed by atoms with Crippen molar-refractivity contribution in [3.63, 3.8) is 0 Å². The van der Waals surface area contributed by atoms with E-state index in [1.807, 2.05) is 25.1 Å². The molecule has 0 aliphatic rings. The molecule has 1 atom stereocenters. The first kappa shape index (κ1) is 14.6. The largest absolute Gasteiger partial charge is 0.480 e. The number of H-pyrrole nitrogens is 1. The molecule has 1 unspecified atom stereocenters. The summed E-state index contributed by atoms with van der Waals surface area (Å²) in [5, 5.41) is 12.4. The first-order chi connectivity index (χ1) is 9.54. The summed E-state index contributed by atoms with van der Waals surface area (Å²) in [7, 11) is 0. The zero-order valence-corrected chi connectivity index (χ0v) is 12.5. The Morgan fingerprint density at radius 1 is 1.45 bits per heavy atom. The summed E-state index contributed by atoms with van der Waals surface area (Å²) < 4.78 is 0.795. The lowest BCUT2D eigenvalue weighted by molar-refractivity contribution is -0.139. The predicted molar refractivity (Wildman–Crippen MR) is 79.8 cm³/mol. The molecule has 0 bridgehead atoms. The highest BCUT2D eigenvalue weighted by Gasteiger charge is 2.21. The van der Waals surface area contributed by atoms with E-state index in [1.165, 1.54) is 0 Å². The Hall–Kier alpha value is -1.82. The van der Waals surface area contributed by atoms with Crippen LogP contribution in [0.1, 0.15) is 30.1 Å². The van der Waals surface area contributed by atoms with Gasteiger partial charge in [-0.05, 0) is 18.6 Å². The van der Waals surface area contributed by atoms with Crippen LogP contribution in [-0.4, -0.2) is 28.0 Å². The highest BCUT2D eigenvalue weighted by molar-refractivity contribution is 9.10. The van der Waals surface area contributed by atoms with Crippen molar-refractivity contribution in [2.24, 2.45) is 0 Å².